The van der Waals surface area contributed by atoms with E-state index in [1.54, 1.807) is 0 Å². The average Bonchev–Trinajstić information content (AvgIpc) is 2.38. The van der Waals surface area contributed by atoms with Crippen molar-refractivity contribution in [3.05, 3.63) is 20.2 Å². The van der Waals surface area contributed by atoms with Gasteiger partial charge in [-0.15, -0.1) is 20.2 Å². The lowest BCUT2D eigenvalue weighted by Crippen LogP contribution is -2.32. The molecule has 0 aromatic rings. The van der Waals surface area contributed by atoms with Gasteiger partial charge in [-0.25, -0.2) is 0 Å². The molecule has 0 bridgehead atoms. The third-order valence-electron chi connectivity index (χ3n) is 2.01. The fourth-order valence-corrected chi connectivity index (χ4v) is 1.03. The van der Waals surface area contributed by atoms with E-state index in [0.717, 1.165) is 0 Å². The van der Waals surface area contributed by atoms with Crippen molar-refractivity contribution in [3.63, 3.8) is 0 Å². The monoisotopic (exact) mass is 311 g/mol. The highest BCUT2D eigenvalue weighted by Gasteiger charge is 2.19. The van der Waals surface area contributed by atoms with Crippen LogP contribution >= 0.6 is 0 Å². The molecule has 0 amide bonds. The summed E-state index contributed by atoms with van der Waals surface area (Å²) in [6.07, 6.45) is -2.02. The second-order valence-electron chi connectivity index (χ2n) is 3.64. The average molecular weight is 311 g/mol. The first-order valence-corrected chi connectivity index (χ1v) is 5.44. The van der Waals surface area contributed by atoms with Crippen LogP contribution in [0.25, 0.3) is 0 Å². The first-order chi connectivity index (χ1) is 9.72. The molecule has 21 heavy (non-hydrogen) atoms. The number of ether oxygens (including phenoxy) is 1. The fraction of sp³-hybridized carbons (Fsp3) is 0.750. The van der Waals surface area contributed by atoms with Crippen LogP contribution in [0.2, 0.25) is 0 Å². The van der Waals surface area contributed by atoms with Crippen molar-refractivity contribution in [3.8, 4) is 0 Å². The number of carbonyl (C=O) groups excluding carboxylic acids is 1. The maximum Gasteiger partial charge on any atom is 0.320 e. The second-order valence-corrected chi connectivity index (χ2v) is 3.64. The molecule has 0 radical (unpaired) electrons. The van der Waals surface area contributed by atoms with E-state index in [1.807, 2.05) is 0 Å². The van der Waals surface area contributed by atoms with Gasteiger partial charge < -0.3 is 25.3 Å². The van der Waals surface area contributed by atoms with E-state index >= 15 is 0 Å². The summed E-state index contributed by atoms with van der Waals surface area (Å²) in [7, 11) is 0. The van der Waals surface area contributed by atoms with Crippen LogP contribution < -0.4 is 5.73 Å². The van der Waals surface area contributed by atoms with Gasteiger partial charge in [0.25, 0.3) is 10.2 Å². The van der Waals surface area contributed by atoms with Gasteiger partial charge in [-0.3, -0.25) is 9.59 Å². The van der Waals surface area contributed by atoms with Crippen molar-refractivity contribution < 1.29 is 39.3 Å². The zero-order valence-electron chi connectivity index (χ0n) is 10.6. The second kappa shape index (κ2) is 9.24. The van der Waals surface area contributed by atoms with Gasteiger partial charge in [0.2, 0.25) is 0 Å². The van der Waals surface area contributed by atoms with Gasteiger partial charge in [-0.1, -0.05) is 0 Å². The lowest BCUT2D eigenvalue weighted by atomic mass is 10.2. The summed E-state index contributed by atoms with van der Waals surface area (Å²) < 4.78 is 4.55. The molecule has 0 saturated heterocycles. The van der Waals surface area contributed by atoms with Gasteiger partial charge in [0.15, 0.2) is 6.10 Å². The Bertz CT molecular complexity index is 400. The minimum atomic E-state index is -1.48. The van der Waals surface area contributed by atoms with Crippen LogP contribution in [0.15, 0.2) is 0 Å². The van der Waals surface area contributed by atoms with Crippen LogP contribution in [-0.4, -0.2) is 52.6 Å². The van der Waals surface area contributed by atoms with Crippen molar-refractivity contribution in [1.82, 2.24) is 0 Å². The number of carboxylic acids is 1. The van der Waals surface area contributed by atoms with Gasteiger partial charge in [-0.05, 0) is 6.42 Å². The third kappa shape index (κ3) is 9.83. The number of carboxylic acid groups (broad SMARTS) is 1. The Kier molecular flexibility index (Phi) is 8.05. The van der Waals surface area contributed by atoms with Crippen LogP contribution in [0.4, 0.5) is 0 Å². The zero-order valence-corrected chi connectivity index (χ0v) is 10.6. The molecule has 0 fully saturated rings. The molecule has 0 heterocycles. The Morgan fingerprint density at radius 2 is 1.81 bits per heavy atom. The van der Waals surface area contributed by atoms with E-state index in [9.17, 15) is 29.8 Å². The standard InChI is InChI=1S/C8H13N3O10/c9-6(8(13)14)1-2-7(12)19-3-5(21-11(17)18)4-20-10(15)16/h5-6H,1-4,9H2,(H,13,14)/t5-,6+/m1/s1. The van der Waals surface area contributed by atoms with Crippen molar-refractivity contribution in [2.45, 2.75) is 25.0 Å². The molecule has 13 heteroatoms. The molecule has 0 spiro atoms. The van der Waals surface area contributed by atoms with E-state index in [-0.39, 0.29) is 12.8 Å². The molecular weight excluding hydrogens is 298 g/mol. The quantitative estimate of drug-likeness (QED) is 0.256. The van der Waals surface area contributed by atoms with Gasteiger partial charge in [0.1, 0.15) is 19.3 Å². The maximum atomic E-state index is 11.2. The van der Waals surface area contributed by atoms with Crippen LogP contribution in [0.3, 0.4) is 0 Å². The maximum absolute atomic E-state index is 11.2. The summed E-state index contributed by atoms with van der Waals surface area (Å²) >= 11 is 0. The Balaban J connectivity index is 4.14. The molecule has 2 atom stereocenters. The predicted octanol–water partition coefficient (Wildman–Crippen LogP) is -1.49. The summed E-state index contributed by atoms with van der Waals surface area (Å²) in [5.41, 5.74) is 5.15. The Morgan fingerprint density at radius 3 is 2.29 bits per heavy atom. The van der Waals surface area contributed by atoms with Crippen molar-refractivity contribution in [2.24, 2.45) is 5.73 Å². The molecule has 0 aliphatic heterocycles. The van der Waals surface area contributed by atoms with Crippen molar-refractivity contribution in [1.29, 1.82) is 0 Å². The summed E-state index contributed by atoms with van der Waals surface area (Å²) in [6, 6.07) is -1.25. The Morgan fingerprint density at radius 1 is 1.19 bits per heavy atom. The number of carbonyl (C=O) groups is 2. The van der Waals surface area contributed by atoms with E-state index in [0.29, 0.717) is 0 Å². The molecule has 0 aliphatic carbocycles. The minimum Gasteiger partial charge on any atom is -0.480 e. The largest absolute Gasteiger partial charge is 0.480 e. The van der Waals surface area contributed by atoms with E-state index in [4.69, 9.17) is 10.8 Å². The predicted molar refractivity (Wildman–Crippen MR) is 60.6 cm³/mol. The topological polar surface area (TPSA) is 194 Å². The molecule has 0 aromatic carbocycles. The lowest BCUT2D eigenvalue weighted by molar-refractivity contribution is -0.790. The molecule has 0 aliphatic rings. The first kappa shape index (κ1) is 18.3. The van der Waals surface area contributed by atoms with Gasteiger partial charge >= 0.3 is 11.9 Å². The molecule has 0 saturated carbocycles. The van der Waals surface area contributed by atoms with Gasteiger partial charge in [0.05, 0.1) is 0 Å². The minimum absolute atomic E-state index is 0.194. The highest BCUT2D eigenvalue weighted by molar-refractivity contribution is 5.75. The van der Waals surface area contributed by atoms with Crippen LogP contribution in [0.5, 0.6) is 0 Å². The summed E-state index contributed by atoms with van der Waals surface area (Å²) in [5.74, 6) is -2.18. The number of aliphatic carboxylic acids is 1. The van der Waals surface area contributed by atoms with Crippen LogP contribution in [0, 0.1) is 20.2 Å². The molecule has 13 nitrogen and oxygen atoms in total. The summed E-state index contributed by atoms with van der Waals surface area (Å²) in [4.78, 5) is 49.6. The molecule has 0 unspecified atom stereocenters. The SMILES string of the molecule is N[C@@H](CCC(=O)OC[C@H](CO[N+](=O)[O-])O[N+](=O)[O-])C(=O)O. The number of rotatable bonds is 11. The zero-order chi connectivity index (χ0) is 16.4. The first-order valence-electron chi connectivity index (χ1n) is 5.44. The lowest BCUT2D eigenvalue weighted by Gasteiger charge is -2.14. The molecule has 120 valence electrons. The third-order valence-corrected chi connectivity index (χ3v) is 2.01. The Labute approximate surface area is 116 Å². The smallest absolute Gasteiger partial charge is 0.320 e. The van der Waals surface area contributed by atoms with Gasteiger partial charge in [-0.2, -0.15) is 0 Å². The Hall–Kier alpha value is -2.70. The fourth-order valence-electron chi connectivity index (χ4n) is 1.03. The van der Waals surface area contributed by atoms with E-state index < -0.39 is 47.5 Å². The summed E-state index contributed by atoms with van der Waals surface area (Å²) in [5, 5.41) is 26.1. The van der Waals surface area contributed by atoms with Crippen molar-refractivity contribution >= 4 is 11.9 Å². The number of hydrogen-bond acceptors (Lipinski definition) is 10. The number of nitrogens with zero attached hydrogens (tertiary/aromatic N) is 2. The van der Waals surface area contributed by atoms with Crippen LogP contribution in [-0.2, 0) is 24.0 Å². The molecular formula is C8H13N3O10. The molecule has 0 aromatic heterocycles. The molecule has 3 N–H and O–H groups in total. The van der Waals surface area contributed by atoms with E-state index in [2.05, 4.69) is 14.4 Å². The number of esters is 1. The summed E-state index contributed by atoms with van der Waals surface area (Å²) in [6.45, 7) is -1.48. The highest BCUT2D eigenvalue weighted by atomic mass is 17.0. The van der Waals surface area contributed by atoms with Crippen molar-refractivity contribution in [2.75, 3.05) is 13.2 Å². The number of hydrogen-bond donors (Lipinski definition) is 2. The highest BCUT2D eigenvalue weighted by Crippen LogP contribution is 2.01. The van der Waals surface area contributed by atoms with Crippen LogP contribution in [0.1, 0.15) is 12.8 Å². The molecule has 0 rings (SSSR count). The van der Waals surface area contributed by atoms with Gasteiger partial charge in [0, 0.05) is 6.42 Å². The van der Waals surface area contributed by atoms with E-state index in [1.165, 1.54) is 0 Å². The number of nitrogens with two attached hydrogens (primary N) is 1. The normalized spacial score (nSPS) is 12.8.